The minimum atomic E-state index is -3.61. The van der Waals surface area contributed by atoms with E-state index in [1.165, 1.54) is 35.5 Å². The summed E-state index contributed by atoms with van der Waals surface area (Å²) in [4.78, 5) is 24.6. The van der Waals surface area contributed by atoms with Crippen LogP contribution in [-0.2, 0) is 19.6 Å². The van der Waals surface area contributed by atoms with Crippen molar-refractivity contribution in [1.82, 2.24) is 9.62 Å². The first kappa shape index (κ1) is 19.8. The van der Waals surface area contributed by atoms with Crippen LogP contribution in [0.1, 0.15) is 55.8 Å². The van der Waals surface area contributed by atoms with Gasteiger partial charge < -0.3 is 10.1 Å². The van der Waals surface area contributed by atoms with E-state index < -0.39 is 22.1 Å². The van der Waals surface area contributed by atoms with Crippen molar-refractivity contribution >= 4 is 21.9 Å². The van der Waals surface area contributed by atoms with Gasteiger partial charge in [0.2, 0.25) is 10.0 Å². The first-order valence-electron chi connectivity index (χ1n) is 9.49. The summed E-state index contributed by atoms with van der Waals surface area (Å²) in [5.74, 6) is -1.03. The Morgan fingerprint density at radius 1 is 1.15 bits per heavy atom. The van der Waals surface area contributed by atoms with Crippen LogP contribution in [0.25, 0.3) is 0 Å². The van der Waals surface area contributed by atoms with Crippen molar-refractivity contribution < 1.29 is 22.7 Å². The first-order chi connectivity index (χ1) is 12.9. The summed E-state index contributed by atoms with van der Waals surface area (Å²) in [5, 5.41) is 2.89. The molecule has 0 bridgehead atoms. The van der Waals surface area contributed by atoms with Gasteiger partial charge in [0.15, 0.2) is 6.10 Å². The van der Waals surface area contributed by atoms with Crippen LogP contribution in [-0.4, -0.2) is 49.8 Å². The van der Waals surface area contributed by atoms with Crippen LogP contribution in [0.2, 0.25) is 0 Å². The summed E-state index contributed by atoms with van der Waals surface area (Å²) in [6.45, 7) is 2.51. The minimum absolute atomic E-state index is 0.0712. The average molecular weight is 394 g/mol. The minimum Gasteiger partial charge on any atom is -0.449 e. The third-order valence-electron chi connectivity index (χ3n) is 5.13. The standard InChI is InChI=1S/C19H26N2O5S/c1-14(18(22)20-16-8-2-3-9-16)26-19(23)15-7-6-10-17(13-15)27(24,25)21-11-4-5-12-21/h6-7,10,13-14,16H,2-5,8-9,11-12H2,1H3,(H,20,22)/t14-/m0/s1. The second-order valence-electron chi connectivity index (χ2n) is 7.18. The van der Waals surface area contributed by atoms with Crippen molar-refractivity contribution in [3.8, 4) is 0 Å². The van der Waals surface area contributed by atoms with Crippen LogP contribution in [0.15, 0.2) is 29.2 Å². The zero-order chi connectivity index (χ0) is 19.4. The van der Waals surface area contributed by atoms with Crippen LogP contribution in [0.3, 0.4) is 0 Å². The molecule has 2 aliphatic rings. The van der Waals surface area contributed by atoms with Crippen LogP contribution >= 0.6 is 0 Å². The number of hydrogen-bond acceptors (Lipinski definition) is 5. The molecule has 3 rings (SSSR count). The molecule has 1 N–H and O–H groups in total. The molecule has 148 valence electrons. The molecule has 2 fully saturated rings. The Balaban J connectivity index is 1.65. The maximum absolute atomic E-state index is 12.6. The first-order valence-corrected chi connectivity index (χ1v) is 10.9. The quantitative estimate of drug-likeness (QED) is 0.746. The molecule has 8 heteroatoms. The number of nitrogens with zero attached hydrogens (tertiary/aromatic N) is 1. The van der Waals surface area contributed by atoms with Crippen molar-refractivity contribution in [2.24, 2.45) is 0 Å². The molecule has 1 amide bonds. The van der Waals surface area contributed by atoms with Crippen molar-refractivity contribution in [3.05, 3.63) is 29.8 Å². The molecule has 1 saturated carbocycles. The van der Waals surface area contributed by atoms with Gasteiger partial charge >= 0.3 is 5.97 Å². The summed E-state index contributed by atoms with van der Waals surface area (Å²) in [6.07, 6.45) is 4.83. The number of carbonyl (C=O) groups is 2. The molecule has 0 spiro atoms. The Kier molecular flexibility index (Phi) is 6.16. The third kappa shape index (κ3) is 4.68. The summed E-state index contributed by atoms with van der Waals surface area (Å²) in [5.41, 5.74) is 0.121. The second-order valence-corrected chi connectivity index (χ2v) is 9.11. The van der Waals surface area contributed by atoms with Gasteiger partial charge in [-0.3, -0.25) is 4.79 Å². The number of nitrogens with one attached hydrogen (secondary N) is 1. The van der Waals surface area contributed by atoms with Crippen LogP contribution in [0.5, 0.6) is 0 Å². The van der Waals surface area contributed by atoms with E-state index in [0.717, 1.165) is 38.5 Å². The van der Waals surface area contributed by atoms with Gasteiger partial charge in [0.05, 0.1) is 10.5 Å². The summed E-state index contributed by atoms with van der Waals surface area (Å²) in [6, 6.07) is 5.95. The fraction of sp³-hybridized carbons (Fsp3) is 0.579. The number of sulfonamides is 1. The number of esters is 1. The lowest BCUT2D eigenvalue weighted by Crippen LogP contribution is -2.40. The zero-order valence-electron chi connectivity index (χ0n) is 15.5. The van der Waals surface area contributed by atoms with Crippen molar-refractivity contribution in [1.29, 1.82) is 0 Å². The molecular formula is C19H26N2O5S. The molecule has 0 aromatic heterocycles. The fourth-order valence-corrected chi connectivity index (χ4v) is 5.10. The van der Waals surface area contributed by atoms with Gasteiger partial charge in [-0.25, -0.2) is 13.2 Å². The number of hydrogen-bond donors (Lipinski definition) is 1. The number of ether oxygens (including phenoxy) is 1. The normalized spacial score (nSPS) is 19.7. The number of benzene rings is 1. The maximum Gasteiger partial charge on any atom is 0.338 e. The lowest BCUT2D eigenvalue weighted by atomic mass is 10.2. The average Bonchev–Trinajstić information content (AvgIpc) is 3.35. The Morgan fingerprint density at radius 3 is 2.48 bits per heavy atom. The van der Waals surface area contributed by atoms with E-state index in [4.69, 9.17) is 4.74 Å². The van der Waals surface area contributed by atoms with E-state index in [0.29, 0.717) is 13.1 Å². The number of rotatable bonds is 6. The highest BCUT2D eigenvalue weighted by Gasteiger charge is 2.28. The van der Waals surface area contributed by atoms with Crippen molar-refractivity contribution in [2.75, 3.05) is 13.1 Å². The van der Waals surface area contributed by atoms with Gasteiger partial charge in [-0.2, -0.15) is 4.31 Å². The van der Waals surface area contributed by atoms with E-state index in [1.54, 1.807) is 0 Å². The van der Waals surface area contributed by atoms with E-state index >= 15 is 0 Å². The van der Waals surface area contributed by atoms with Gasteiger partial charge in [-0.15, -0.1) is 0 Å². The lowest BCUT2D eigenvalue weighted by Gasteiger charge is -2.18. The monoisotopic (exact) mass is 394 g/mol. The predicted molar refractivity (Wildman–Crippen MR) is 99.7 cm³/mol. The number of carbonyl (C=O) groups excluding carboxylic acids is 2. The zero-order valence-corrected chi connectivity index (χ0v) is 16.3. The second kappa shape index (κ2) is 8.39. The Hall–Kier alpha value is -1.93. The highest BCUT2D eigenvalue weighted by Crippen LogP contribution is 2.22. The largest absolute Gasteiger partial charge is 0.449 e. The highest BCUT2D eigenvalue weighted by molar-refractivity contribution is 7.89. The van der Waals surface area contributed by atoms with Crippen molar-refractivity contribution in [3.63, 3.8) is 0 Å². The van der Waals surface area contributed by atoms with Gasteiger partial charge in [-0.05, 0) is 50.8 Å². The molecule has 7 nitrogen and oxygen atoms in total. The van der Waals surface area contributed by atoms with Gasteiger partial charge in [-0.1, -0.05) is 18.9 Å². The smallest absolute Gasteiger partial charge is 0.338 e. The third-order valence-corrected chi connectivity index (χ3v) is 7.02. The molecule has 0 radical (unpaired) electrons. The molecule has 1 aliphatic heterocycles. The molecule has 1 atom stereocenters. The topological polar surface area (TPSA) is 92.8 Å². The predicted octanol–water partition coefficient (Wildman–Crippen LogP) is 2.08. The van der Waals surface area contributed by atoms with Gasteiger partial charge in [0, 0.05) is 19.1 Å². The molecule has 1 aliphatic carbocycles. The van der Waals surface area contributed by atoms with E-state index in [2.05, 4.69) is 5.32 Å². The maximum atomic E-state index is 12.6. The van der Waals surface area contributed by atoms with Gasteiger partial charge in [0.1, 0.15) is 0 Å². The van der Waals surface area contributed by atoms with Crippen LogP contribution in [0, 0.1) is 0 Å². The Morgan fingerprint density at radius 2 is 1.81 bits per heavy atom. The molecule has 1 aromatic rings. The van der Waals surface area contributed by atoms with E-state index in [1.807, 2.05) is 0 Å². The molecular weight excluding hydrogens is 368 g/mol. The summed E-state index contributed by atoms with van der Waals surface area (Å²) < 4.78 is 32.0. The molecule has 0 unspecified atom stereocenters. The van der Waals surface area contributed by atoms with Crippen LogP contribution in [0.4, 0.5) is 0 Å². The molecule has 1 heterocycles. The van der Waals surface area contributed by atoms with Gasteiger partial charge in [0.25, 0.3) is 5.91 Å². The Labute approximate surface area is 160 Å². The number of amides is 1. The fourth-order valence-electron chi connectivity index (χ4n) is 3.53. The SMILES string of the molecule is C[C@H](OC(=O)c1cccc(S(=O)(=O)N2CCCC2)c1)C(=O)NC1CCCC1. The summed E-state index contributed by atoms with van der Waals surface area (Å²) >= 11 is 0. The lowest BCUT2D eigenvalue weighted by molar-refractivity contribution is -0.129. The van der Waals surface area contributed by atoms with E-state index in [-0.39, 0.29) is 22.4 Å². The van der Waals surface area contributed by atoms with Crippen molar-refractivity contribution in [2.45, 2.75) is 62.5 Å². The highest BCUT2D eigenvalue weighted by atomic mass is 32.2. The van der Waals surface area contributed by atoms with Crippen LogP contribution < -0.4 is 5.32 Å². The molecule has 1 saturated heterocycles. The van der Waals surface area contributed by atoms with E-state index in [9.17, 15) is 18.0 Å². The molecule has 1 aromatic carbocycles. The summed E-state index contributed by atoms with van der Waals surface area (Å²) in [7, 11) is -3.61. The molecule has 27 heavy (non-hydrogen) atoms. The Bertz CT molecular complexity index is 796.